The molecular weight excluding hydrogens is 440 g/mol. The van der Waals surface area contributed by atoms with E-state index >= 15 is 0 Å². The minimum absolute atomic E-state index is 0.0745. The molecule has 3 aromatic rings. The zero-order valence-electron chi connectivity index (χ0n) is 19.4. The Kier molecular flexibility index (Phi) is 7.28. The Morgan fingerprint density at radius 2 is 1.55 bits per heavy atom. The maximum atomic E-state index is 13.6. The number of hydrogen-bond acceptors (Lipinski definition) is 5. The third-order valence-electron chi connectivity index (χ3n) is 5.22. The van der Waals surface area contributed by atoms with Crippen molar-refractivity contribution in [1.29, 1.82) is 0 Å². The monoisotopic (exact) mass is 468 g/mol. The Morgan fingerprint density at radius 3 is 2.18 bits per heavy atom. The molecular formula is C25H28N2O5S. The van der Waals surface area contributed by atoms with Gasteiger partial charge in [-0.2, -0.15) is 0 Å². The summed E-state index contributed by atoms with van der Waals surface area (Å²) in [7, 11) is -1.13. The Morgan fingerprint density at radius 1 is 0.879 bits per heavy atom. The maximum Gasteiger partial charge on any atom is 0.264 e. The number of anilines is 2. The Labute approximate surface area is 195 Å². The number of rotatable bonds is 8. The van der Waals surface area contributed by atoms with Crippen LogP contribution in [0.4, 0.5) is 11.4 Å². The minimum atomic E-state index is -4.08. The van der Waals surface area contributed by atoms with E-state index in [1.807, 2.05) is 39.0 Å². The minimum Gasteiger partial charge on any atom is -0.497 e. The largest absolute Gasteiger partial charge is 0.497 e. The van der Waals surface area contributed by atoms with Gasteiger partial charge in [0.25, 0.3) is 10.0 Å². The molecule has 174 valence electrons. The molecule has 0 unspecified atom stereocenters. The van der Waals surface area contributed by atoms with Crippen LogP contribution in [0.15, 0.2) is 65.6 Å². The molecule has 0 fully saturated rings. The van der Waals surface area contributed by atoms with Gasteiger partial charge < -0.3 is 14.8 Å². The summed E-state index contributed by atoms with van der Waals surface area (Å²) in [6.07, 6.45) is 0. The van der Waals surface area contributed by atoms with Crippen LogP contribution in [-0.4, -0.2) is 35.1 Å². The second-order valence-electron chi connectivity index (χ2n) is 7.73. The molecule has 3 rings (SSSR count). The normalized spacial score (nSPS) is 11.1. The first-order valence-corrected chi connectivity index (χ1v) is 11.8. The van der Waals surface area contributed by atoms with Gasteiger partial charge in [0.2, 0.25) is 5.91 Å². The van der Waals surface area contributed by atoms with E-state index in [-0.39, 0.29) is 16.3 Å². The third-order valence-corrected chi connectivity index (χ3v) is 6.99. The zero-order chi connectivity index (χ0) is 24.2. The molecule has 0 spiro atoms. The molecule has 0 bridgehead atoms. The van der Waals surface area contributed by atoms with Gasteiger partial charge in [-0.1, -0.05) is 29.8 Å². The molecule has 1 N–H and O–H groups in total. The molecule has 0 aliphatic carbocycles. The molecule has 3 aromatic carbocycles. The number of aryl methyl sites for hydroxylation is 3. The number of hydrogen-bond donors (Lipinski definition) is 1. The van der Waals surface area contributed by atoms with Crippen molar-refractivity contribution in [3.05, 3.63) is 77.4 Å². The van der Waals surface area contributed by atoms with Crippen molar-refractivity contribution in [1.82, 2.24) is 0 Å². The van der Waals surface area contributed by atoms with Crippen molar-refractivity contribution in [2.45, 2.75) is 25.7 Å². The first-order chi connectivity index (χ1) is 15.6. The molecule has 0 aliphatic rings. The van der Waals surface area contributed by atoms with E-state index in [1.165, 1.54) is 26.4 Å². The van der Waals surface area contributed by atoms with Crippen LogP contribution < -0.4 is 19.1 Å². The van der Waals surface area contributed by atoms with E-state index in [2.05, 4.69) is 5.32 Å². The molecule has 1 amide bonds. The number of ether oxygens (including phenoxy) is 2. The quantitative estimate of drug-likeness (QED) is 0.528. The van der Waals surface area contributed by atoms with Crippen LogP contribution in [0.5, 0.6) is 11.5 Å². The number of amides is 1. The highest BCUT2D eigenvalue weighted by molar-refractivity contribution is 7.92. The van der Waals surface area contributed by atoms with Gasteiger partial charge in [-0.05, 0) is 62.2 Å². The fourth-order valence-corrected chi connectivity index (χ4v) is 4.75. The first kappa shape index (κ1) is 24.1. The summed E-state index contributed by atoms with van der Waals surface area (Å²) in [4.78, 5) is 13.1. The summed E-state index contributed by atoms with van der Waals surface area (Å²) >= 11 is 0. The van der Waals surface area contributed by atoms with Gasteiger partial charge in [-0.15, -0.1) is 0 Å². The second kappa shape index (κ2) is 9.95. The van der Waals surface area contributed by atoms with Crippen LogP contribution in [-0.2, 0) is 14.8 Å². The highest BCUT2D eigenvalue weighted by Gasteiger charge is 2.30. The van der Waals surface area contributed by atoms with Crippen LogP contribution in [0.3, 0.4) is 0 Å². The summed E-state index contributed by atoms with van der Waals surface area (Å²) in [6, 6.07) is 16.9. The number of carbonyl (C=O) groups is 1. The van der Waals surface area contributed by atoms with E-state index < -0.39 is 22.5 Å². The van der Waals surface area contributed by atoms with E-state index in [1.54, 1.807) is 30.3 Å². The van der Waals surface area contributed by atoms with Gasteiger partial charge in [-0.3, -0.25) is 9.10 Å². The van der Waals surface area contributed by atoms with Gasteiger partial charge in [0.15, 0.2) is 0 Å². The molecule has 0 aliphatic heterocycles. The van der Waals surface area contributed by atoms with Crippen LogP contribution in [0.2, 0.25) is 0 Å². The lowest BCUT2D eigenvalue weighted by atomic mass is 10.1. The number of nitrogens with one attached hydrogen (secondary N) is 1. The van der Waals surface area contributed by atoms with Crippen molar-refractivity contribution in [2.75, 3.05) is 30.4 Å². The Hall–Kier alpha value is -3.52. The van der Waals surface area contributed by atoms with Gasteiger partial charge in [0.1, 0.15) is 18.0 Å². The first-order valence-electron chi connectivity index (χ1n) is 10.3. The molecule has 0 radical (unpaired) electrons. The summed E-state index contributed by atoms with van der Waals surface area (Å²) in [5.74, 6) is 0.296. The van der Waals surface area contributed by atoms with Gasteiger partial charge in [-0.25, -0.2) is 8.42 Å². The summed E-state index contributed by atoms with van der Waals surface area (Å²) in [5.41, 5.74) is 3.65. The molecule has 7 nitrogen and oxygen atoms in total. The summed E-state index contributed by atoms with van der Waals surface area (Å²) in [5, 5.41) is 2.83. The lowest BCUT2D eigenvalue weighted by Crippen LogP contribution is -2.38. The molecule has 0 aromatic heterocycles. The zero-order valence-corrected chi connectivity index (χ0v) is 20.2. The van der Waals surface area contributed by atoms with Crippen LogP contribution >= 0.6 is 0 Å². The topological polar surface area (TPSA) is 84.9 Å². The van der Waals surface area contributed by atoms with Gasteiger partial charge in [0, 0.05) is 11.8 Å². The lowest BCUT2D eigenvalue weighted by Gasteiger charge is -2.26. The van der Waals surface area contributed by atoms with Crippen molar-refractivity contribution in [3.8, 4) is 11.5 Å². The highest BCUT2D eigenvalue weighted by atomic mass is 32.2. The van der Waals surface area contributed by atoms with E-state index in [0.717, 1.165) is 21.0 Å². The fraction of sp³-hybridized carbons (Fsp3) is 0.240. The van der Waals surface area contributed by atoms with Crippen molar-refractivity contribution in [3.63, 3.8) is 0 Å². The van der Waals surface area contributed by atoms with Crippen LogP contribution in [0, 0.1) is 20.8 Å². The molecule has 0 heterocycles. The van der Waals surface area contributed by atoms with Crippen molar-refractivity contribution >= 4 is 27.3 Å². The molecule has 0 saturated heterocycles. The predicted octanol–water partition coefficient (Wildman–Crippen LogP) is 4.46. The highest BCUT2D eigenvalue weighted by Crippen LogP contribution is 2.35. The number of methoxy groups -OCH3 is 2. The standard InChI is InChI=1S/C25H28N2O5S/c1-17-7-11-21(12-8-17)33(29,30)27(23-13-10-20(31-4)15-24(23)32-5)16-25(28)26-22-14-18(2)6-9-19(22)3/h6-15H,16H2,1-5H3,(H,26,28). The third kappa shape index (κ3) is 5.46. The maximum absolute atomic E-state index is 13.6. The lowest BCUT2D eigenvalue weighted by molar-refractivity contribution is -0.114. The van der Waals surface area contributed by atoms with E-state index in [9.17, 15) is 13.2 Å². The van der Waals surface area contributed by atoms with Gasteiger partial charge >= 0.3 is 0 Å². The predicted molar refractivity (Wildman–Crippen MR) is 130 cm³/mol. The number of benzene rings is 3. The molecule has 0 atom stereocenters. The SMILES string of the molecule is COc1ccc(N(CC(=O)Nc2cc(C)ccc2C)S(=O)(=O)c2ccc(C)cc2)c(OC)c1. The molecule has 0 saturated carbocycles. The average Bonchev–Trinajstić information content (AvgIpc) is 2.79. The molecule has 8 heteroatoms. The average molecular weight is 469 g/mol. The number of carbonyl (C=O) groups excluding carboxylic acids is 1. The van der Waals surface area contributed by atoms with Crippen LogP contribution in [0.25, 0.3) is 0 Å². The number of sulfonamides is 1. The van der Waals surface area contributed by atoms with Gasteiger partial charge in [0.05, 0.1) is 24.8 Å². The Balaban J connectivity index is 2.04. The Bertz CT molecular complexity index is 1250. The van der Waals surface area contributed by atoms with E-state index in [0.29, 0.717) is 11.4 Å². The smallest absolute Gasteiger partial charge is 0.264 e. The fourth-order valence-electron chi connectivity index (χ4n) is 3.32. The number of nitrogens with zero attached hydrogens (tertiary/aromatic N) is 1. The molecule has 33 heavy (non-hydrogen) atoms. The van der Waals surface area contributed by atoms with E-state index in [4.69, 9.17) is 9.47 Å². The van der Waals surface area contributed by atoms with Crippen molar-refractivity contribution < 1.29 is 22.7 Å². The summed E-state index contributed by atoms with van der Waals surface area (Å²) in [6.45, 7) is 5.23. The van der Waals surface area contributed by atoms with Crippen molar-refractivity contribution in [2.24, 2.45) is 0 Å². The summed E-state index contributed by atoms with van der Waals surface area (Å²) < 4.78 is 39.0. The second-order valence-corrected chi connectivity index (χ2v) is 9.59. The van der Waals surface area contributed by atoms with Crippen LogP contribution in [0.1, 0.15) is 16.7 Å².